The van der Waals surface area contributed by atoms with Crippen molar-refractivity contribution in [3.8, 4) is 17.3 Å². The Morgan fingerprint density at radius 1 is 1.24 bits per heavy atom. The highest BCUT2D eigenvalue weighted by molar-refractivity contribution is 7.90. The molecule has 0 bridgehead atoms. The van der Waals surface area contributed by atoms with Crippen molar-refractivity contribution in [3.63, 3.8) is 0 Å². The molecule has 29 heavy (non-hydrogen) atoms. The van der Waals surface area contributed by atoms with Crippen LogP contribution in [0.15, 0.2) is 29.2 Å². The second-order valence-corrected chi connectivity index (χ2v) is 9.45. The maximum absolute atomic E-state index is 12.4. The summed E-state index contributed by atoms with van der Waals surface area (Å²) in [7, 11) is -1.63. The minimum absolute atomic E-state index is 0.0660. The third-order valence-corrected chi connectivity index (χ3v) is 6.40. The Hall–Kier alpha value is -2.26. The summed E-state index contributed by atoms with van der Waals surface area (Å²) in [5, 5.41) is 0. The molecule has 0 atom stereocenters. The van der Waals surface area contributed by atoms with E-state index in [0.717, 1.165) is 19.3 Å². The predicted octanol–water partition coefficient (Wildman–Crippen LogP) is 2.12. The SMILES string of the molecule is CCCCS(=O)(=O)Cc1cc(-c2ccc(=O)n(C)c2)nc(OC2CCOCC2)n1. The summed E-state index contributed by atoms with van der Waals surface area (Å²) in [6.07, 6.45) is 4.49. The molecule has 158 valence electrons. The van der Waals surface area contributed by atoms with Crippen LogP contribution in [0, 0.1) is 0 Å². The van der Waals surface area contributed by atoms with Crippen molar-refractivity contribution in [2.24, 2.45) is 7.05 Å². The molecule has 0 aliphatic carbocycles. The lowest BCUT2D eigenvalue weighted by atomic mass is 10.1. The number of nitrogens with zero attached hydrogens (tertiary/aromatic N) is 3. The maximum atomic E-state index is 12.4. The van der Waals surface area contributed by atoms with Crippen LogP contribution >= 0.6 is 0 Å². The summed E-state index contributed by atoms with van der Waals surface area (Å²) in [5.74, 6) is -0.0444. The van der Waals surface area contributed by atoms with Gasteiger partial charge in [-0.05, 0) is 18.6 Å². The van der Waals surface area contributed by atoms with Crippen LogP contribution in [-0.2, 0) is 27.4 Å². The molecule has 8 nitrogen and oxygen atoms in total. The molecule has 0 N–H and O–H groups in total. The summed E-state index contributed by atoms with van der Waals surface area (Å²) in [5.41, 5.74) is 1.47. The van der Waals surface area contributed by atoms with Gasteiger partial charge in [-0.1, -0.05) is 13.3 Å². The molecule has 1 aliphatic rings. The first kappa shape index (κ1) is 21.4. The smallest absolute Gasteiger partial charge is 0.317 e. The summed E-state index contributed by atoms with van der Waals surface area (Å²) < 4.78 is 37.6. The highest BCUT2D eigenvalue weighted by atomic mass is 32.2. The summed E-state index contributed by atoms with van der Waals surface area (Å²) >= 11 is 0. The Kier molecular flexibility index (Phi) is 7.02. The standard InChI is InChI=1S/C20H27N3O5S/c1-3-4-11-29(25,26)14-16-12-18(15-5-6-19(24)23(2)13-15)22-20(21-16)28-17-7-9-27-10-8-17/h5-6,12-13,17H,3-4,7-11,14H2,1-2H3. The first-order valence-corrected chi connectivity index (χ1v) is 11.7. The lowest BCUT2D eigenvalue weighted by molar-refractivity contribution is 0.0217. The molecule has 0 aromatic carbocycles. The largest absolute Gasteiger partial charge is 0.460 e. The predicted molar refractivity (Wildman–Crippen MR) is 110 cm³/mol. The molecule has 1 saturated heterocycles. The van der Waals surface area contributed by atoms with Gasteiger partial charge in [-0.25, -0.2) is 8.42 Å². The fourth-order valence-electron chi connectivity index (χ4n) is 3.10. The molecule has 3 rings (SSSR count). The zero-order chi connectivity index (χ0) is 20.9. The van der Waals surface area contributed by atoms with Gasteiger partial charge in [0.15, 0.2) is 9.84 Å². The Morgan fingerprint density at radius 2 is 2.00 bits per heavy atom. The summed E-state index contributed by atoms with van der Waals surface area (Å²) in [6.45, 7) is 3.19. The third kappa shape index (κ3) is 6.11. The molecule has 0 saturated carbocycles. The molecular weight excluding hydrogens is 394 g/mol. The van der Waals surface area contributed by atoms with E-state index < -0.39 is 9.84 Å². The van der Waals surface area contributed by atoms with E-state index in [1.807, 2.05) is 6.92 Å². The maximum Gasteiger partial charge on any atom is 0.317 e. The first-order chi connectivity index (χ1) is 13.9. The normalized spacial score (nSPS) is 15.4. The molecule has 0 amide bonds. The summed E-state index contributed by atoms with van der Waals surface area (Å²) in [6, 6.07) is 4.93. The fraction of sp³-hybridized carbons (Fsp3) is 0.550. The van der Waals surface area contributed by atoms with Crippen LogP contribution in [0.1, 0.15) is 38.3 Å². The molecule has 2 aromatic rings. The van der Waals surface area contributed by atoms with Crippen molar-refractivity contribution in [2.75, 3.05) is 19.0 Å². The zero-order valence-electron chi connectivity index (χ0n) is 16.8. The average molecular weight is 422 g/mol. The van der Waals surface area contributed by atoms with E-state index in [1.165, 1.54) is 10.6 Å². The van der Waals surface area contributed by atoms with Crippen LogP contribution in [0.5, 0.6) is 6.01 Å². The van der Waals surface area contributed by atoms with E-state index in [2.05, 4.69) is 9.97 Å². The monoisotopic (exact) mass is 421 g/mol. The number of ether oxygens (including phenoxy) is 2. The molecular formula is C20H27N3O5S. The van der Waals surface area contributed by atoms with E-state index in [1.54, 1.807) is 25.4 Å². The van der Waals surface area contributed by atoms with Gasteiger partial charge < -0.3 is 14.0 Å². The zero-order valence-corrected chi connectivity index (χ0v) is 17.7. The van der Waals surface area contributed by atoms with Gasteiger partial charge in [0.1, 0.15) is 6.10 Å². The van der Waals surface area contributed by atoms with E-state index >= 15 is 0 Å². The number of rotatable bonds is 8. The van der Waals surface area contributed by atoms with Crippen LogP contribution in [-0.4, -0.2) is 48.0 Å². The van der Waals surface area contributed by atoms with E-state index in [4.69, 9.17) is 9.47 Å². The molecule has 3 heterocycles. The molecule has 0 radical (unpaired) electrons. The molecule has 9 heteroatoms. The fourth-order valence-corrected chi connectivity index (χ4v) is 4.57. The average Bonchev–Trinajstić information content (AvgIpc) is 2.69. The molecule has 1 fully saturated rings. The van der Waals surface area contributed by atoms with Gasteiger partial charge in [0.2, 0.25) is 5.56 Å². The van der Waals surface area contributed by atoms with Gasteiger partial charge >= 0.3 is 6.01 Å². The van der Waals surface area contributed by atoms with E-state index in [0.29, 0.717) is 36.6 Å². The molecule has 0 spiro atoms. The molecule has 1 aliphatic heterocycles. The van der Waals surface area contributed by atoms with E-state index in [9.17, 15) is 13.2 Å². The number of sulfone groups is 1. The second-order valence-electron chi connectivity index (χ2n) is 7.27. The van der Waals surface area contributed by atoms with Gasteiger partial charge in [0.05, 0.1) is 36.1 Å². The van der Waals surface area contributed by atoms with Crippen LogP contribution in [0.2, 0.25) is 0 Å². The van der Waals surface area contributed by atoms with Gasteiger partial charge in [0, 0.05) is 37.7 Å². The summed E-state index contributed by atoms with van der Waals surface area (Å²) in [4.78, 5) is 20.5. The first-order valence-electron chi connectivity index (χ1n) is 9.86. The molecule has 0 unspecified atom stereocenters. The number of pyridine rings is 1. The number of hydrogen-bond donors (Lipinski definition) is 0. The lowest BCUT2D eigenvalue weighted by Crippen LogP contribution is -2.26. The number of aromatic nitrogens is 3. The van der Waals surface area contributed by atoms with Crippen LogP contribution in [0.4, 0.5) is 0 Å². The quantitative estimate of drug-likeness (QED) is 0.643. The van der Waals surface area contributed by atoms with Crippen molar-refractivity contribution in [3.05, 3.63) is 40.4 Å². The minimum atomic E-state index is -3.28. The minimum Gasteiger partial charge on any atom is -0.460 e. The van der Waals surface area contributed by atoms with Gasteiger partial charge in [-0.15, -0.1) is 0 Å². The lowest BCUT2D eigenvalue weighted by Gasteiger charge is -2.22. The van der Waals surface area contributed by atoms with Crippen molar-refractivity contribution >= 4 is 9.84 Å². The Labute approximate surface area is 170 Å². The van der Waals surface area contributed by atoms with Crippen molar-refractivity contribution < 1.29 is 17.9 Å². The van der Waals surface area contributed by atoms with E-state index in [-0.39, 0.29) is 29.2 Å². The number of unbranched alkanes of at least 4 members (excludes halogenated alkanes) is 1. The third-order valence-electron chi connectivity index (χ3n) is 4.76. The Balaban J connectivity index is 1.94. The van der Waals surface area contributed by atoms with Crippen molar-refractivity contribution in [1.82, 2.24) is 14.5 Å². The van der Waals surface area contributed by atoms with Gasteiger partial charge in [-0.2, -0.15) is 9.97 Å². The second kappa shape index (κ2) is 9.49. The van der Waals surface area contributed by atoms with Crippen LogP contribution in [0.3, 0.4) is 0 Å². The highest BCUT2D eigenvalue weighted by Gasteiger charge is 2.20. The molecule has 2 aromatic heterocycles. The van der Waals surface area contributed by atoms with Gasteiger partial charge in [-0.3, -0.25) is 4.79 Å². The number of hydrogen-bond acceptors (Lipinski definition) is 7. The Morgan fingerprint density at radius 3 is 2.69 bits per heavy atom. The van der Waals surface area contributed by atoms with Crippen LogP contribution < -0.4 is 10.3 Å². The highest BCUT2D eigenvalue weighted by Crippen LogP contribution is 2.22. The van der Waals surface area contributed by atoms with Crippen LogP contribution in [0.25, 0.3) is 11.3 Å². The van der Waals surface area contributed by atoms with Gasteiger partial charge in [0.25, 0.3) is 0 Å². The number of aryl methyl sites for hydroxylation is 1. The van der Waals surface area contributed by atoms with Crippen molar-refractivity contribution in [1.29, 1.82) is 0 Å². The topological polar surface area (TPSA) is 100 Å². The Bertz CT molecular complexity index is 997. The van der Waals surface area contributed by atoms with Crippen molar-refractivity contribution in [2.45, 2.75) is 44.5 Å².